The third-order valence-corrected chi connectivity index (χ3v) is 5.60. The molecule has 28 heavy (non-hydrogen) atoms. The average Bonchev–Trinajstić information content (AvgIpc) is 2.90. The number of benzene rings is 2. The van der Waals surface area contributed by atoms with Crippen LogP contribution in [0.5, 0.6) is 5.75 Å². The molecule has 2 aromatic rings. The maximum atomic E-state index is 12.7. The molecule has 3 amide bonds. The van der Waals surface area contributed by atoms with Gasteiger partial charge in [-0.25, -0.2) is 4.79 Å². The number of carbonyl (C=O) groups is 2. The third kappa shape index (κ3) is 4.74. The molecule has 144 valence electrons. The zero-order valence-electron chi connectivity index (χ0n) is 14.5. The summed E-state index contributed by atoms with van der Waals surface area (Å²) in [6.45, 7) is 4.21. The minimum Gasteiger partial charge on any atom is -0.487 e. The summed E-state index contributed by atoms with van der Waals surface area (Å²) in [4.78, 5) is 26.1. The Kier molecular flexibility index (Phi) is 6.74. The van der Waals surface area contributed by atoms with E-state index in [1.807, 2.05) is 36.4 Å². The topological polar surface area (TPSA) is 58.6 Å². The molecule has 0 atom stereocenters. The van der Waals surface area contributed by atoms with Gasteiger partial charge in [0.25, 0.3) is 5.91 Å². The Morgan fingerprint density at radius 1 is 1.07 bits per heavy atom. The van der Waals surface area contributed by atoms with Gasteiger partial charge in [0.1, 0.15) is 18.1 Å². The molecule has 3 rings (SSSR count). The third-order valence-electron chi connectivity index (χ3n) is 3.89. The van der Waals surface area contributed by atoms with E-state index in [1.54, 1.807) is 12.2 Å². The van der Waals surface area contributed by atoms with Crippen molar-refractivity contribution in [3.8, 4) is 5.75 Å². The highest BCUT2D eigenvalue weighted by atomic mass is 79.9. The summed E-state index contributed by atoms with van der Waals surface area (Å²) < 4.78 is 7.97. The lowest BCUT2D eigenvalue weighted by Crippen LogP contribution is -2.30. The van der Waals surface area contributed by atoms with E-state index in [1.165, 1.54) is 4.90 Å². The van der Waals surface area contributed by atoms with Crippen molar-refractivity contribution in [2.75, 3.05) is 6.61 Å². The standard InChI is InChI=1S/C20H15Br3N2O3/c1-2-7-28-18-15(22)8-13(9-16(18)23)10-17-19(26)25(20(27)24-17)11-12-3-5-14(21)6-4-12/h2-6,8-10H,1,7,11H2,(H,24,27)/b17-10-. The molecule has 1 saturated heterocycles. The Morgan fingerprint density at radius 2 is 1.71 bits per heavy atom. The van der Waals surface area contributed by atoms with Crippen LogP contribution in [0.1, 0.15) is 11.1 Å². The number of imide groups is 1. The molecular weight excluding hydrogens is 556 g/mol. The van der Waals surface area contributed by atoms with Crippen LogP contribution in [0.25, 0.3) is 6.08 Å². The number of rotatable bonds is 6. The van der Waals surface area contributed by atoms with Crippen molar-refractivity contribution in [3.63, 3.8) is 0 Å². The van der Waals surface area contributed by atoms with Crippen molar-refractivity contribution in [2.24, 2.45) is 0 Å². The number of carbonyl (C=O) groups excluding carboxylic acids is 2. The van der Waals surface area contributed by atoms with Crippen LogP contribution < -0.4 is 10.1 Å². The van der Waals surface area contributed by atoms with E-state index in [0.29, 0.717) is 12.4 Å². The molecule has 2 aromatic carbocycles. The zero-order valence-corrected chi connectivity index (χ0v) is 19.3. The van der Waals surface area contributed by atoms with Crippen LogP contribution >= 0.6 is 47.8 Å². The molecule has 1 aliphatic heterocycles. The van der Waals surface area contributed by atoms with Crippen molar-refractivity contribution >= 4 is 65.8 Å². The number of ether oxygens (including phenoxy) is 1. The van der Waals surface area contributed by atoms with Gasteiger partial charge in [0.2, 0.25) is 0 Å². The SMILES string of the molecule is C=CCOc1c(Br)cc(/C=C2\NC(=O)N(Cc3ccc(Br)cc3)C2=O)cc1Br. The highest BCUT2D eigenvalue weighted by Crippen LogP contribution is 2.35. The first kappa shape index (κ1) is 20.8. The molecule has 1 heterocycles. The van der Waals surface area contributed by atoms with E-state index in [4.69, 9.17) is 4.74 Å². The lowest BCUT2D eigenvalue weighted by molar-refractivity contribution is -0.123. The predicted octanol–water partition coefficient (Wildman–Crippen LogP) is 5.63. The molecule has 0 aliphatic carbocycles. The quantitative estimate of drug-likeness (QED) is 0.278. The summed E-state index contributed by atoms with van der Waals surface area (Å²) in [5.41, 5.74) is 1.82. The number of hydrogen-bond acceptors (Lipinski definition) is 3. The van der Waals surface area contributed by atoms with Crippen LogP contribution in [-0.2, 0) is 11.3 Å². The Hall–Kier alpha value is -1.90. The first-order chi connectivity index (χ1) is 13.4. The van der Waals surface area contributed by atoms with Gasteiger partial charge in [-0.2, -0.15) is 0 Å². The summed E-state index contributed by atoms with van der Waals surface area (Å²) in [6, 6.07) is 10.7. The molecule has 1 fully saturated rings. The number of halogens is 3. The Balaban J connectivity index is 1.81. The van der Waals surface area contributed by atoms with Crippen LogP contribution in [0, 0.1) is 0 Å². The van der Waals surface area contributed by atoms with E-state index < -0.39 is 6.03 Å². The molecule has 0 saturated carbocycles. The summed E-state index contributed by atoms with van der Waals surface area (Å²) >= 11 is 10.3. The first-order valence-electron chi connectivity index (χ1n) is 8.20. The molecule has 1 N–H and O–H groups in total. The predicted molar refractivity (Wildman–Crippen MR) is 119 cm³/mol. The monoisotopic (exact) mass is 568 g/mol. The Bertz CT molecular complexity index is 948. The summed E-state index contributed by atoms with van der Waals surface area (Å²) in [5.74, 6) is 0.271. The molecule has 0 unspecified atom stereocenters. The summed E-state index contributed by atoms with van der Waals surface area (Å²) in [5, 5.41) is 2.64. The van der Waals surface area contributed by atoms with Gasteiger partial charge < -0.3 is 10.1 Å². The van der Waals surface area contributed by atoms with Crippen LogP contribution in [0.3, 0.4) is 0 Å². The molecular formula is C20H15Br3N2O3. The molecule has 0 spiro atoms. The van der Waals surface area contributed by atoms with Crippen molar-refractivity contribution in [3.05, 3.63) is 79.3 Å². The molecule has 0 aromatic heterocycles. The first-order valence-corrected chi connectivity index (χ1v) is 10.6. The maximum Gasteiger partial charge on any atom is 0.329 e. The Morgan fingerprint density at radius 3 is 2.32 bits per heavy atom. The molecule has 5 nitrogen and oxygen atoms in total. The van der Waals surface area contributed by atoms with Gasteiger partial charge in [0.05, 0.1) is 15.5 Å². The van der Waals surface area contributed by atoms with Gasteiger partial charge in [0.15, 0.2) is 0 Å². The van der Waals surface area contributed by atoms with Crippen molar-refractivity contribution in [1.29, 1.82) is 0 Å². The van der Waals surface area contributed by atoms with E-state index in [0.717, 1.165) is 24.5 Å². The molecule has 8 heteroatoms. The lowest BCUT2D eigenvalue weighted by Gasteiger charge is -2.12. The second-order valence-corrected chi connectivity index (χ2v) is 8.54. The second-order valence-electron chi connectivity index (χ2n) is 5.92. The average molecular weight is 571 g/mol. The highest BCUT2D eigenvalue weighted by Gasteiger charge is 2.33. The van der Waals surface area contributed by atoms with Crippen molar-refractivity contribution in [2.45, 2.75) is 6.54 Å². The molecule has 0 bridgehead atoms. The van der Waals surface area contributed by atoms with Crippen LogP contribution in [0.15, 0.2) is 68.2 Å². The smallest absolute Gasteiger partial charge is 0.329 e. The number of amides is 3. The van der Waals surface area contributed by atoms with Crippen LogP contribution in [0.4, 0.5) is 4.79 Å². The minimum absolute atomic E-state index is 0.205. The van der Waals surface area contributed by atoms with Crippen LogP contribution in [-0.4, -0.2) is 23.4 Å². The normalized spacial score (nSPS) is 15.1. The fourth-order valence-electron chi connectivity index (χ4n) is 2.60. The zero-order chi connectivity index (χ0) is 20.3. The van der Waals surface area contributed by atoms with Gasteiger partial charge in [-0.1, -0.05) is 40.7 Å². The van der Waals surface area contributed by atoms with Gasteiger partial charge in [-0.15, -0.1) is 0 Å². The number of urea groups is 1. The molecule has 1 aliphatic rings. The number of hydrogen-bond donors (Lipinski definition) is 1. The molecule has 0 radical (unpaired) electrons. The highest BCUT2D eigenvalue weighted by molar-refractivity contribution is 9.11. The van der Waals surface area contributed by atoms with E-state index in [9.17, 15) is 9.59 Å². The summed E-state index contributed by atoms with van der Waals surface area (Å²) in [6.07, 6.45) is 3.29. The number of nitrogens with zero attached hydrogens (tertiary/aromatic N) is 1. The van der Waals surface area contributed by atoms with E-state index in [-0.39, 0.29) is 18.1 Å². The Labute approximate surface area is 187 Å². The number of nitrogens with one attached hydrogen (secondary N) is 1. The van der Waals surface area contributed by atoms with E-state index in [2.05, 4.69) is 59.7 Å². The van der Waals surface area contributed by atoms with Gasteiger partial charge in [-0.3, -0.25) is 9.69 Å². The fraction of sp³-hybridized carbons (Fsp3) is 0.100. The van der Waals surface area contributed by atoms with Gasteiger partial charge in [0, 0.05) is 4.47 Å². The van der Waals surface area contributed by atoms with Gasteiger partial charge >= 0.3 is 6.03 Å². The second kappa shape index (κ2) is 9.07. The van der Waals surface area contributed by atoms with Crippen LogP contribution in [0.2, 0.25) is 0 Å². The van der Waals surface area contributed by atoms with Gasteiger partial charge in [-0.05, 0) is 73.3 Å². The largest absolute Gasteiger partial charge is 0.487 e. The van der Waals surface area contributed by atoms with Crippen molar-refractivity contribution in [1.82, 2.24) is 10.2 Å². The summed E-state index contributed by atoms with van der Waals surface area (Å²) in [7, 11) is 0. The maximum absolute atomic E-state index is 12.7. The fourth-order valence-corrected chi connectivity index (χ4v) is 4.31. The lowest BCUT2D eigenvalue weighted by atomic mass is 10.1. The minimum atomic E-state index is -0.441. The van der Waals surface area contributed by atoms with Crippen molar-refractivity contribution < 1.29 is 14.3 Å². The van der Waals surface area contributed by atoms with E-state index >= 15 is 0 Å².